The Bertz CT molecular complexity index is 333. The topological polar surface area (TPSA) is 24.1 Å². The third kappa shape index (κ3) is 3.48. The maximum atomic E-state index is 3.54. The molecule has 90 valence electrons. The molecule has 1 aromatic carbocycles. The highest BCUT2D eigenvalue weighted by Gasteiger charge is 2.12. The highest BCUT2D eigenvalue weighted by molar-refractivity contribution is 5.85. The van der Waals surface area contributed by atoms with Gasteiger partial charge in [0.1, 0.15) is 0 Å². The minimum atomic E-state index is 0. The van der Waals surface area contributed by atoms with Crippen LogP contribution < -0.4 is 10.6 Å². The molecule has 1 aromatic rings. The van der Waals surface area contributed by atoms with Gasteiger partial charge in [-0.2, -0.15) is 0 Å². The lowest BCUT2D eigenvalue weighted by Gasteiger charge is -2.24. The third-order valence-electron chi connectivity index (χ3n) is 3.18. The zero-order chi connectivity index (χ0) is 10.7. The van der Waals surface area contributed by atoms with Gasteiger partial charge in [0.05, 0.1) is 0 Å². The van der Waals surface area contributed by atoms with E-state index in [1.807, 2.05) is 0 Å². The second-order valence-corrected chi connectivity index (χ2v) is 4.48. The second kappa shape index (κ2) is 6.24. The molecular weight excluding hydrogens is 220 g/mol. The summed E-state index contributed by atoms with van der Waals surface area (Å²) in [5, 5.41) is 6.96. The Labute approximate surface area is 104 Å². The van der Waals surface area contributed by atoms with Crippen LogP contribution >= 0.6 is 12.4 Å². The second-order valence-electron chi connectivity index (χ2n) is 4.48. The van der Waals surface area contributed by atoms with Gasteiger partial charge in [-0.15, -0.1) is 12.4 Å². The zero-order valence-corrected chi connectivity index (χ0v) is 10.9. The Kier molecular flexibility index (Phi) is 5.26. The Morgan fingerprint density at radius 1 is 1.19 bits per heavy atom. The van der Waals surface area contributed by atoms with Gasteiger partial charge in [0, 0.05) is 25.7 Å². The van der Waals surface area contributed by atoms with Crippen LogP contribution in [0.15, 0.2) is 18.2 Å². The normalized spacial score (nSPS) is 20.2. The lowest BCUT2D eigenvalue weighted by Crippen LogP contribution is -2.49. The highest BCUT2D eigenvalue weighted by Crippen LogP contribution is 2.11. The van der Waals surface area contributed by atoms with Crippen LogP contribution in [0.1, 0.15) is 16.7 Å². The van der Waals surface area contributed by atoms with Crippen LogP contribution in [0.4, 0.5) is 0 Å². The lowest BCUT2D eigenvalue weighted by molar-refractivity contribution is 0.416. The average molecular weight is 241 g/mol. The van der Waals surface area contributed by atoms with Crippen LogP contribution in [0, 0.1) is 13.8 Å². The monoisotopic (exact) mass is 240 g/mol. The van der Waals surface area contributed by atoms with E-state index in [-0.39, 0.29) is 12.4 Å². The summed E-state index contributed by atoms with van der Waals surface area (Å²) in [4.78, 5) is 0. The summed E-state index contributed by atoms with van der Waals surface area (Å²) in [7, 11) is 0. The molecule has 0 radical (unpaired) electrons. The van der Waals surface area contributed by atoms with Gasteiger partial charge in [0.15, 0.2) is 0 Å². The average Bonchev–Trinajstić information content (AvgIpc) is 2.25. The molecule has 2 nitrogen and oxygen atoms in total. The van der Waals surface area contributed by atoms with E-state index >= 15 is 0 Å². The molecule has 1 heterocycles. The Hall–Kier alpha value is -0.570. The van der Waals surface area contributed by atoms with Crippen molar-refractivity contribution in [3.05, 3.63) is 34.9 Å². The number of hydrogen-bond donors (Lipinski definition) is 2. The smallest absolute Gasteiger partial charge is 0.0233 e. The number of nitrogens with one attached hydrogen (secondary N) is 2. The molecule has 0 aromatic heterocycles. The summed E-state index contributed by atoms with van der Waals surface area (Å²) < 4.78 is 0. The van der Waals surface area contributed by atoms with Crippen molar-refractivity contribution in [3.8, 4) is 0 Å². The minimum Gasteiger partial charge on any atom is -0.314 e. The zero-order valence-electron chi connectivity index (χ0n) is 10.0. The van der Waals surface area contributed by atoms with Crippen molar-refractivity contribution in [1.82, 2.24) is 10.6 Å². The molecule has 3 heteroatoms. The van der Waals surface area contributed by atoms with Crippen LogP contribution in [-0.4, -0.2) is 25.7 Å². The van der Waals surface area contributed by atoms with Gasteiger partial charge < -0.3 is 10.6 Å². The predicted octanol–water partition coefficient (Wildman–Crippen LogP) is 1.83. The number of rotatable bonds is 2. The fraction of sp³-hybridized carbons (Fsp3) is 0.538. The van der Waals surface area contributed by atoms with E-state index < -0.39 is 0 Å². The van der Waals surface area contributed by atoms with E-state index in [1.165, 1.54) is 16.7 Å². The van der Waals surface area contributed by atoms with E-state index in [1.54, 1.807) is 0 Å². The van der Waals surface area contributed by atoms with Crippen LogP contribution in [0.25, 0.3) is 0 Å². The Morgan fingerprint density at radius 2 is 2.00 bits per heavy atom. The first-order chi connectivity index (χ1) is 7.25. The first-order valence-corrected chi connectivity index (χ1v) is 5.76. The molecule has 1 fully saturated rings. The summed E-state index contributed by atoms with van der Waals surface area (Å²) in [6.07, 6.45) is 1.13. The molecule has 1 aliphatic rings. The van der Waals surface area contributed by atoms with E-state index in [2.05, 4.69) is 42.7 Å². The van der Waals surface area contributed by atoms with Crippen molar-refractivity contribution >= 4 is 12.4 Å². The van der Waals surface area contributed by atoms with E-state index in [4.69, 9.17) is 0 Å². The first kappa shape index (κ1) is 13.5. The van der Waals surface area contributed by atoms with Crippen molar-refractivity contribution in [2.24, 2.45) is 0 Å². The number of aryl methyl sites for hydroxylation is 2. The van der Waals surface area contributed by atoms with Gasteiger partial charge in [0.2, 0.25) is 0 Å². The molecule has 0 spiro atoms. The molecule has 0 aliphatic carbocycles. The summed E-state index contributed by atoms with van der Waals surface area (Å²) >= 11 is 0. The molecule has 1 saturated heterocycles. The number of benzene rings is 1. The van der Waals surface area contributed by atoms with Gasteiger partial charge >= 0.3 is 0 Å². The lowest BCUT2D eigenvalue weighted by atomic mass is 10.0. The number of hydrogen-bond acceptors (Lipinski definition) is 2. The third-order valence-corrected chi connectivity index (χ3v) is 3.18. The van der Waals surface area contributed by atoms with Gasteiger partial charge in [-0.05, 0) is 37.0 Å². The summed E-state index contributed by atoms with van der Waals surface area (Å²) in [5.74, 6) is 0. The van der Waals surface area contributed by atoms with Crippen LogP contribution in [-0.2, 0) is 6.42 Å². The molecule has 16 heavy (non-hydrogen) atoms. The van der Waals surface area contributed by atoms with Gasteiger partial charge in [0.25, 0.3) is 0 Å². The predicted molar refractivity (Wildman–Crippen MR) is 71.5 cm³/mol. The maximum absolute atomic E-state index is 3.54. The van der Waals surface area contributed by atoms with Gasteiger partial charge in [-0.25, -0.2) is 0 Å². The van der Waals surface area contributed by atoms with Gasteiger partial charge in [-0.3, -0.25) is 0 Å². The van der Waals surface area contributed by atoms with Crippen LogP contribution in [0.3, 0.4) is 0 Å². The number of piperazine rings is 1. The van der Waals surface area contributed by atoms with Crippen molar-refractivity contribution in [3.63, 3.8) is 0 Å². The summed E-state index contributed by atoms with van der Waals surface area (Å²) in [5.41, 5.74) is 4.23. The largest absolute Gasteiger partial charge is 0.314 e. The summed E-state index contributed by atoms with van der Waals surface area (Å²) in [6, 6.07) is 7.38. The standard InChI is InChI=1S/C13H20N2.ClH/c1-10-3-4-12(7-11(10)2)8-13-9-14-5-6-15-13;/h3-4,7,13-15H,5-6,8-9H2,1-2H3;1H. The Morgan fingerprint density at radius 3 is 2.62 bits per heavy atom. The van der Waals surface area contributed by atoms with Gasteiger partial charge in [-0.1, -0.05) is 18.2 Å². The SMILES string of the molecule is Cc1ccc(CC2CNCCN2)cc1C.Cl. The van der Waals surface area contributed by atoms with Crippen molar-refractivity contribution < 1.29 is 0 Å². The first-order valence-electron chi connectivity index (χ1n) is 5.76. The molecule has 1 unspecified atom stereocenters. The van der Waals surface area contributed by atoms with Crippen LogP contribution in [0.2, 0.25) is 0 Å². The fourth-order valence-electron chi connectivity index (χ4n) is 2.07. The number of halogens is 1. The summed E-state index contributed by atoms with van der Waals surface area (Å²) in [6.45, 7) is 7.64. The molecule has 2 rings (SSSR count). The van der Waals surface area contributed by atoms with E-state index in [0.29, 0.717) is 6.04 Å². The highest BCUT2D eigenvalue weighted by atomic mass is 35.5. The van der Waals surface area contributed by atoms with Crippen molar-refractivity contribution in [2.75, 3.05) is 19.6 Å². The molecule has 0 saturated carbocycles. The minimum absolute atomic E-state index is 0. The molecule has 2 N–H and O–H groups in total. The molecule has 0 amide bonds. The maximum Gasteiger partial charge on any atom is 0.0233 e. The van der Waals surface area contributed by atoms with Crippen molar-refractivity contribution in [2.45, 2.75) is 26.3 Å². The van der Waals surface area contributed by atoms with Crippen molar-refractivity contribution in [1.29, 1.82) is 0 Å². The molecule has 1 aliphatic heterocycles. The van der Waals surface area contributed by atoms with E-state index in [0.717, 1.165) is 26.1 Å². The molecule has 0 bridgehead atoms. The molecular formula is C13H21ClN2. The van der Waals surface area contributed by atoms with Crippen LogP contribution in [0.5, 0.6) is 0 Å². The Balaban J connectivity index is 0.00000128. The molecule has 1 atom stereocenters. The van der Waals surface area contributed by atoms with E-state index in [9.17, 15) is 0 Å². The quantitative estimate of drug-likeness (QED) is 0.824. The fourth-order valence-corrected chi connectivity index (χ4v) is 2.07.